The fraction of sp³-hybridized carbons (Fsp3) is 0.952. The topological polar surface area (TPSA) is 20.2 Å². The molecule has 0 heterocycles. The molecule has 0 amide bonds. The molecule has 1 atom stereocenters. The summed E-state index contributed by atoms with van der Waals surface area (Å²) in [5.74, 6) is 0. The first-order chi connectivity index (χ1) is 11.1. The van der Waals surface area contributed by atoms with Crippen molar-refractivity contribution in [1.29, 1.82) is 0 Å². The van der Waals surface area contributed by atoms with Gasteiger partial charge < -0.3 is 5.11 Å². The lowest BCUT2D eigenvalue weighted by molar-refractivity contribution is 0.232. The zero-order valence-corrected chi connectivity index (χ0v) is 16.9. The second-order valence-electron chi connectivity index (χ2n) is 7.56. The molecule has 1 nitrogen and oxygen atoms in total. The van der Waals surface area contributed by atoms with Crippen LogP contribution in [-0.4, -0.2) is 11.7 Å². The van der Waals surface area contributed by atoms with Gasteiger partial charge in [-0.2, -0.15) is 0 Å². The van der Waals surface area contributed by atoms with Gasteiger partial charge in [-0.05, 0) is 31.6 Å². The van der Waals surface area contributed by atoms with Gasteiger partial charge in [0.1, 0.15) is 0 Å². The molecule has 0 saturated heterocycles. The van der Waals surface area contributed by atoms with Crippen molar-refractivity contribution in [3.8, 4) is 0 Å². The molecule has 0 aliphatic heterocycles. The molecule has 0 bridgehead atoms. The first-order valence-electron chi connectivity index (χ1n) is 10.2. The Morgan fingerprint density at radius 3 is 1.52 bits per heavy atom. The van der Waals surface area contributed by atoms with Crippen LogP contribution in [-0.2, 0) is 0 Å². The number of aliphatic hydroxyl groups excluding tert-OH is 1. The maximum Gasteiger partial charge on any atom is 0.0665 e. The van der Waals surface area contributed by atoms with Crippen molar-refractivity contribution in [3.05, 3.63) is 5.38 Å². The average molecular weight is 346 g/mol. The molecule has 0 spiro atoms. The van der Waals surface area contributed by atoms with E-state index in [0.717, 1.165) is 18.2 Å². The van der Waals surface area contributed by atoms with Gasteiger partial charge in [-0.25, -0.2) is 0 Å². The van der Waals surface area contributed by atoms with Crippen LogP contribution in [0.25, 0.3) is 0 Å². The largest absolute Gasteiger partial charge is 0.396 e. The molecule has 0 aromatic rings. The Balaban J connectivity index is 3.46. The first-order valence-corrected chi connectivity index (χ1v) is 10.5. The highest BCUT2D eigenvalue weighted by molar-refractivity contribution is 6.27. The van der Waals surface area contributed by atoms with E-state index in [9.17, 15) is 0 Å². The molecule has 1 radical (unpaired) electrons. The Kier molecular flexibility index (Phi) is 15.9. The third-order valence-corrected chi connectivity index (χ3v) is 5.76. The Morgan fingerprint density at radius 1 is 0.739 bits per heavy atom. The van der Waals surface area contributed by atoms with Gasteiger partial charge in [0.05, 0.1) is 5.38 Å². The van der Waals surface area contributed by atoms with E-state index in [1.165, 1.54) is 83.5 Å². The van der Waals surface area contributed by atoms with Crippen molar-refractivity contribution >= 4 is 11.6 Å². The standard InChI is InChI=1S/C21H42ClO/c1-4-5-6-7-8-9-10-11-12-13-14-15-17-21(3,20(2)22)18-16-19-23/h23H,4-19H2,1-3H3. The summed E-state index contributed by atoms with van der Waals surface area (Å²) in [4.78, 5) is 0. The van der Waals surface area contributed by atoms with Crippen molar-refractivity contribution in [1.82, 2.24) is 0 Å². The van der Waals surface area contributed by atoms with Crippen molar-refractivity contribution in [2.24, 2.45) is 5.41 Å². The molecule has 0 aliphatic rings. The van der Waals surface area contributed by atoms with Crippen LogP contribution in [0.15, 0.2) is 0 Å². The normalized spacial score (nSPS) is 14.3. The Hall–Kier alpha value is 0.250. The fourth-order valence-electron chi connectivity index (χ4n) is 3.29. The van der Waals surface area contributed by atoms with E-state index in [-0.39, 0.29) is 12.0 Å². The lowest BCUT2D eigenvalue weighted by atomic mass is 9.78. The summed E-state index contributed by atoms with van der Waals surface area (Å²) < 4.78 is 0. The molecule has 1 N–H and O–H groups in total. The Bertz CT molecular complexity index is 242. The van der Waals surface area contributed by atoms with E-state index in [1.807, 2.05) is 6.92 Å². The third-order valence-electron chi connectivity index (χ3n) is 5.30. The van der Waals surface area contributed by atoms with Gasteiger partial charge in [0.2, 0.25) is 0 Å². The summed E-state index contributed by atoms with van der Waals surface area (Å²) >= 11 is 6.30. The van der Waals surface area contributed by atoms with E-state index < -0.39 is 0 Å². The van der Waals surface area contributed by atoms with E-state index in [0.29, 0.717) is 0 Å². The summed E-state index contributed by atoms with van der Waals surface area (Å²) in [5.41, 5.74) is 0.114. The quantitative estimate of drug-likeness (QED) is 0.268. The van der Waals surface area contributed by atoms with Crippen LogP contribution in [0.2, 0.25) is 0 Å². The molecule has 1 unspecified atom stereocenters. The van der Waals surface area contributed by atoms with Crippen LogP contribution in [0.1, 0.15) is 117 Å². The molecular formula is C21H42ClO. The van der Waals surface area contributed by atoms with Gasteiger partial charge in [0.25, 0.3) is 0 Å². The van der Waals surface area contributed by atoms with E-state index >= 15 is 0 Å². The van der Waals surface area contributed by atoms with E-state index in [1.54, 1.807) is 0 Å². The Morgan fingerprint density at radius 2 is 1.13 bits per heavy atom. The average Bonchev–Trinajstić information content (AvgIpc) is 2.53. The van der Waals surface area contributed by atoms with Gasteiger partial charge in [-0.15, -0.1) is 11.6 Å². The third kappa shape index (κ3) is 13.2. The highest BCUT2D eigenvalue weighted by Crippen LogP contribution is 2.41. The van der Waals surface area contributed by atoms with Crippen LogP contribution in [0.3, 0.4) is 0 Å². The van der Waals surface area contributed by atoms with E-state index in [4.69, 9.17) is 16.7 Å². The number of aliphatic hydroxyl groups is 1. The molecule has 0 aromatic carbocycles. The zero-order valence-electron chi connectivity index (χ0n) is 16.1. The van der Waals surface area contributed by atoms with Crippen molar-refractivity contribution < 1.29 is 5.11 Å². The molecule has 0 aliphatic carbocycles. The molecule has 0 aromatic heterocycles. The van der Waals surface area contributed by atoms with Crippen LogP contribution in [0.4, 0.5) is 0 Å². The lowest BCUT2D eigenvalue weighted by Gasteiger charge is -2.31. The molecule has 0 saturated carbocycles. The Labute approximate surface area is 151 Å². The number of unbranched alkanes of at least 4 members (excludes halogenated alkanes) is 11. The van der Waals surface area contributed by atoms with Gasteiger partial charge in [-0.3, -0.25) is 0 Å². The van der Waals surface area contributed by atoms with Crippen LogP contribution >= 0.6 is 11.6 Å². The molecule has 2 heteroatoms. The predicted molar refractivity (Wildman–Crippen MR) is 105 cm³/mol. The SMILES string of the molecule is CCCCCCCCCCCCCCC(C)(CCCO)[C](C)Cl. The molecule has 0 rings (SSSR count). The highest BCUT2D eigenvalue weighted by Gasteiger charge is 2.29. The fourth-order valence-corrected chi connectivity index (χ4v) is 3.48. The lowest BCUT2D eigenvalue weighted by Crippen LogP contribution is -2.21. The van der Waals surface area contributed by atoms with Crippen LogP contribution in [0.5, 0.6) is 0 Å². The van der Waals surface area contributed by atoms with Gasteiger partial charge in [0, 0.05) is 6.61 Å². The minimum atomic E-state index is 0.114. The molecular weight excluding hydrogens is 304 g/mol. The number of halogens is 1. The highest BCUT2D eigenvalue weighted by atomic mass is 35.5. The maximum absolute atomic E-state index is 9.03. The van der Waals surface area contributed by atoms with Crippen molar-refractivity contribution in [2.75, 3.05) is 6.61 Å². The molecule has 139 valence electrons. The monoisotopic (exact) mass is 345 g/mol. The van der Waals surface area contributed by atoms with Gasteiger partial charge in [0.15, 0.2) is 0 Å². The molecule has 23 heavy (non-hydrogen) atoms. The van der Waals surface area contributed by atoms with Crippen LogP contribution < -0.4 is 0 Å². The smallest absolute Gasteiger partial charge is 0.0665 e. The summed E-state index contributed by atoms with van der Waals surface area (Å²) in [5, 5.41) is 10.0. The van der Waals surface area contributed by atoms with Gasteiger partial charge in [-0.1, -0.05) is 90.9 Å². The predicted octanol–water partition coefficient (Wildman–Crippen LogP) is 7.65. The minimum absolute atomic E-state index is 0.114. The van der Waals surface area contributed by atoms with Crippen molar-refractivity contribution in [2.45, 2.75) is 117 Å². The van der Waals surface area contributed by atoms with Crippen LogP contribution in [0, 0.1) is 10.8 Å². The minimum Gasteiger partial charge on any atom is -0.396 e. The second-order valence-corrected chi connectivity index (χ2v) is 8.13. The summed E-state index contributed by atoms with van der Waals surface area (Å²) in [6, 6.07) is 0. The maximum atomic E-state index is 9.03. The van der Waals surface area contributed by atoms with E-state index in [2.05, 4.69) is 13.8 Å². The summed E-state index contributed by atoms with van der Waals surface area (Å²) in [6.45, 7) is 6.84. The number of hydrogen-bond donors (Lipinski definition) is 1. The summed E-state index contributed by atoms with van der Waals surface area (Å²) in [7, 11) is 0. The first kappa shape index (κ1) is 23.2. The number of rotatable bonds is 17. The number of hydrogen-bond acceptors (Lipinski definition) is 1. The second kappa shape index (κ2) is 15.8. The molecule has 0 fully saturated rings. The zero-order chi connectivity index (χ0) is 17.4. The van der Waals surface area contributed by atoms with Gasteiger partial charge >= 0.3 is 0 Å². The summed E-state index contributed by atoms with van der Waals surface area (Å²) in [6.07, 6.45) is 19.7. The van der Waals surface area contributed by atoms with Crippen molar-refractivity contribution in [3.63, 3.8) is 0 Å².